The second-order valence-corrected chi connectivity index (χ2v) is 5.30. The Labute approximate surface area is 116 Å². The summed E-state index contributed by atoms with van der Waals surface area (Å²) in [5.74, 6) is 1.05. The monoisotopic (exact) mass is 314 g/mol. The molecule has 2 rings (SSSR count). The van der Waals surface area contributed by atoms with Crippen molar-refractivity contribution in [2.75, 3.05) is 38.3 Å². The van der Waals surface area contributed by atoms with E-state index in [4.69, 9.17) is 9.47 Å². The molecular weight excluding hydrogens is 296 g/mol. The molecule has 0 bridgehead atoms. The minimum absolute atomic E-state index is 0.367. The van der Waals surface area contributed by atoms with Crippen LogP contribution in [0.1, 0.15) is 12.8 Å². The van der Waals surface area contributed by atoms with Crippen molar-refractivity contribution in [2.24, 2.45) is 0 Å². The third-order valence-corrected chi connectivity index (χ3v) is 3.59. The lowest BCUT2D eigenvalue weighted by Gasteiger charge is -2.32. The van der Waals surface area contributed by atoms with Gasteiger partial charge < -0.3 is 14.4 Å². The van der Waals surface area contributed by atoms with Crippen LogP contribution in [-0.2, 0) is 9.47 Å². The Morgan fingerprint density at radius 3 is 2.72 bits per heavy atom. The van der Waals surface area contributed by atoms with E-state index in [1.807, 2.05) is 12.3 Å². The van der Waals surface area contributed by atoms with Crippen LogP contribution in [0.2, 0.25) is 0 Å². The van der Waals surface area contributed by atoms with Crippen molar-refractivity contribution in [3.8, 4) is 0 Å². The highest BCUT2D eigenvalue weighted by atomic mass is 79.9. The molecule has 100 valence electrons. The molecule has 1 aliphatic heterocycles. The zero-order chi connectivity index (χ0) is 12.8. The molecule has 0 aromatic carbocycles. The van der Waals surface area contributed by atoms with Crippen LogP contribution in [0.3, 0.4) is 0 Å². The van der Waals surface area contributed by atoms with Gasteiger partial charge in [-0.15, -0.1) is 0 Å². The fourth-order valence-corrected chi connectivity index (χ4v) is 2.34. The molecule has 0 saturated carbocycles. The van der Waals surface area contributed by atoms with Gasteiger partial charge in [-0.05, 0) is 40.9 Å². The zero-order valence-corrected chi connectivity index (χ0v) is 12.2. The molecule has 1 saturated heterocycles. The quantitative estimate of drug-likeness (QED) is 0.782. The predicted octanol–water partition coefficient (Wildman–Crippen LogP) is 2.48. The summed E-state index contributed by atoms with van der Waals surface area (Å²) in [6.07, 6.45) is 4.33. The summed E-state index contributed by atoms with van der Waals surface area (Å²) in [7, 11) is 1.70. The van der Waals surface area contributed by atoms with Crippen molar-refractivity contribution in [3.05, 3.63) is 22.8 Å². The van der Waals surface area contributed by atoms with Gasteiger partial charge in [-0.25, -0.2) is 4.98 Å². The second-order valence-electron chi connectivity index (χ2n) is 4.38. The first-order valence-electron chi connectivity index (χ1n) is 6.26. The van der Waals surface area contributed by atoms with E-state index in [1.165, 1.54) is 0 Å². The van der Waals surface area contributed by atoms with E-state index in [-0.39, 0.29) is 0 Å². The number of hydrogen-bond donors (Lipinski definition) is 0. The Morgan fingerprint density at radius 2 is 2.11 bits per heavy atom. The van der Waals surface area contributed by atoms with E-state index in [0.717, 1.165) is 36.2 Å². The van der Waals surface area contributed by atoms with Crippen LogP contribution < -0.4 is 4.90 Å². The smallest absolute Gasteiger partial charge is 0.128 e. The third kappa shape index (κ3) is 3.93. The molecule has 0 amide bonds. The first kappa shape index (κ1) is 13.8. The van der Waals surface area contributed by atoms with Gasteiger partial charge in [0.25, 0.3) is 0 Å². The maximum absolute atomic E-state index is 5.75. The maximum atomic E-state index is 5.75. The molecule has 0 unspecified atom stereocenters. The fraction of sp³-hybridized carbons (Fsp3) is 0.615. The number of halogens is 1. The number of nitrogens with zero attached hydrogens (tertiary/aromatic N) is 2. The number of rotatable bonds is 5. The standard InChI is InChI=1S/C13H19BrN2O2/c1-17-8-9-18-12-4-6-16(7-5-12)13-3-2-11(14)10-15-13/h2-3,10,12H,4-9H2,1H3. The Bertz CT molecular complexity index is 351. The molecule has 5 heteroatoms. The van der Waals surface area contributed by atoms with Crippen LogP contribution in [0.25, 0.3) is 0 Å². The summed E-state index contributed by atoms with van der Waals surface area (Å²) in [6.45, 7) is 3.38. The van der Waals surface area contributed by atoms with Crippen LogP contribution in [0, 0.1) is 0 Å². The first-order valence-corrected chi connectivity index (χ1v) is 7.06. The van der Waals surface area contributed by atoms with E-state index in [2.05, 4.69) is 31.9 Å². The molecule has 0 aliphatic carbocycles. The first-order chi connectivity index (χ1) is 8.79. The second kappa shape index (κ2) is 7.07. The number of aromatic nitrogens is 1. The highest BCUT2D eigenvalue weighted by molar-refractivity contribution is 9.10. The number of hydrogen-bond acceptors (Lipinski definition) is 4. The molecule has 0 atom stereocenters. The number of ether oxygens (including phenoxy) is 2. The summed E-state index contributed by atoms with van der Waals surface area (Å²) in [6, 6.07) is 4.08. The van der Waals surface area contributed by atoms with Gasteiger partial charge in [-0.3, -0.25) is 0 Å². The van der Waals surface area contributed by atoms with Gasteiger partial charge in [0.1, 0.15) is 5.82 Å². The molecule has 1 fully saturated rings. The summed E-state index contributed by atoms with van der Waals surface area (Å²) in [5.41, 5.74) is 0. The van der Waals surface area contributed by atoms with Crippen molar-refractivity contribution in [1.29, 1.82) is 0 Å². The SMILES string of the molecule is COCCOC1CCN(c2ccc(Br)cn2)CC1. The molecule has 0 radical (unpaired) electrons. The Balaban J connectivity index is 1.77. The Kier molecular flexibility index (Phi) is 5.41. The maximum Gasteiger partial charge on any atom is 0.128 e. The number of pyridine rings is 1. The van der Waals surface area contributed by atoms with Crippen molar-refractivity contribution < 1.29 is 9.47 Å². The molecule has 18 heavy (non-hydrogen) atoms. The highest BCUT2D eigenvalue weighted by Gasteiger charge is 2.20. The molecule has 1 aromatic rings. The van der Waals surface area contributed by atoms with Gasteiger partial charge in [-0.2, -0.15) is 0 Å². The average Bonchev–Trinajstić information content (AvgIpc) is 2.41. The van der Waals surface area contributed by atoms with Crippen molar-refractivity contribution in [1.82, 2.24) is 4.98 Å². The highest BCUT2D eigenvalue weighted by Crippen LogP contribution is 2.20. The Hall–Kier alpha value is -0.650. The summed E-state index contributed by atoms with van der Waals surface area (Å²) in [5, 5.41) is 0. The van der Waals surface area contributed by atoms with Crippen LogP contribution in [0.5, 0.6) is 0 Å². The lowest BCUT2D eigenvalue weighted by atomic mass is 10.1. The molecule has 1 aliphatic rings. The number of methoxy groups -OCH3 is 1. The minimum Gasteiger partial charge on any atom is -0.382 e. The molecule has 2 heterocycles. The van der Waals surface area contributed by atoms with Crippen molar-refractivity contribution in [2.45, 2.75) is 18.9 Å². The van der Waals surface area contributed by atoms with Gasteiger partial charge in [0.05, 0.1) is 19.3 Å². The summed E-state index contributed by atoms with van der Waals surface area (Å²) < 4.78 is 11.7. The predicted molar refractivity (Wildman–Crippen MR) is 75.0 cm³/mol. The van der Waals surface area contributed by atoms with Gasteiger partial charge >= 0.3 is 0 Å². The number of anilines is 1. The van der Waals surface area contributed by atoms with Crippen LogP contribution in [0.4, 0.5) is 5.82 Å². The van der Waals surface area contributed by atoms with Crippen molar-refractivity contribution >= 4 is 21.7 Å². The summed E-state index contributed by atoms with van der Waals surface area (Å²) >= 11 is 3.40. The molecular formula is C13H19BrN2O2. The van der Waals surface area contributed by atoms with Gasteiger partial charge in [0, 0.05) is 30.9 Å². The molecule has 0 spiro atoms. The zero-order valence-electron chi connectivity index (χ0n) is 10.6. The fourth-order valence-electron chi connectivity index (χ4n) is 2.10. The minimum atomic E-state index is 0.367. The van der Waals surface area contributed by atoms with E-state index in [0.29, 0.717) is 19.3 Å². The van der Waals surface area contributed by atoms with Crippen molar-refractivity contribution in [3.63, 3.8) is 0 Å². The van der Waals surface area contributed by atoms with Gasteiger partial charge in [0.15, 0.2) is 0 Å². The van der Waals surface area contributed by atoms with Gasteiger partial charge in [0.2, 0.25) is 0 Å². The van der Waals surface area contributed by atoms with E-state index in [1.54, 1.807) is 7.11 Å². The average molecular weight is 315 g/mol. The van der Waals surface area contributed by atoms with E-state index >= 15 is 0 Å². The van der Waals surface area contributed by atoms with Crippen LogP contribution in [-0.4, -0.2) is 44.5 Å². The van der Waals surface area contributed by atoms with Gasteiger partial charge in [-0.1, -0.05) is 0 Å². The lowest BCUT2D eigenvalue weighted by Crippen LogP contribution is -2.37. The largest absolute Gasteiger partial charge is 0.382 e. The third-order valence-electron chi connectivity index (χ3n) is 3.12. The van der Waals surface area contributed by atoms with Crippen LogP contribution in [0.15, 0.2) is 22.8 Å². The molecule has 0 N–H and O–H groups in total. The van der Waals surface area contributed by atoms with E-state index in [9.17, 15) is 0 Å². The molecule has 1 aromatic heterocycles. The molecule has 4 nitrogen and oxygen atoms in total. The normalized spacial score (nSPS) is 17.1. The van der Waals surface area contributed by atoms with E-state index < -0.39 is 0 Å². The summed E-state index contributed by atoms with van der Waals surface area (Å²) in [4.78, 5) is 6.73. The van der Waals surface area contributed by atoms with Crippen LogP contribution >= 0.6 is 15.9 Å². The number of piperidine rings is 1. The lowest BCUT2D eigenvalue weighted by molar-refractivity contribution is 0.00604. The topological polar surface area (TPSA) is 34.6 Å². The Morgan fingerprint density at radius 1 is 1.33 bits per heavy atom.